The molecule has 4 rings (SSSR count). The number of nitrogens with zero attached hydrogens (tertiary/aromatic N) is 3. The van der Waals surface area contributed by atoms with Crippen LogP contribution in [0.15, 0.2) is 52.4 Å². The van der Waals surface area contributed by atoms with Crippen molar-refractivity contribution in [1.82, 2.24) is 8.87 Å². The molecule has 0 bridgehead atoms. The normalized spacial score (nSPS) is 18.0. The zero-order valence-electron chi connectivity index (χ0n) is 16.9. The molecular formula is C22H19ClFN3O3S2. The Labute approximate surface area is 194 Å². The lowest BCUT2D eigenvalue weighted by Crippen LogP contribution is -2.42. The van der Waals surface area contributed by atoms with Crippen LogP contribution in [-0.4, -0.2) is 36.3 Å². The molecule has 1 unspecified atom stereocenters. The standard InChI is InChI=1S/C22H19ClFN3O3S2/c1-2-11-27-19-10-7-17(24)13-20(19)31-22(27)25-21(28)15-4-3-12-26(14-15)32(29,30)18-8-5-16(23)6-9-18/h1,5-10,13,15H,3-4,11-12,14H2. The minimum atomic E-state index is -3.75. The molecule has 1 amide bonds. The van der Waals surface area contributed by atoms with Crippen molar-refractivity contribution in [2.45, 2.75) is 24.3 Å². The maximum Gasteiger partial charge on any atom is 0.252 e. The molecule has 0 aliphatic carbocycles. The number of terminal acetylenes is 1. The van der Waals surface area contributed by atoms with Crippen LogP contribution in [0.25, 0.3) is 10.2 Å². The molecule has 6 nitrogen and oxygen atoms in total. The highest BCUT2D eigenvalue weighted by molar-refractivity contribution is 7.89. The molecule has 0 saturated carbocycles. The average Bonchev–Trinajstić information content (AvgIpc) is 3.10. The summed E-state index contributed by atoms with van der Waals surface area (Å²) in [4.78, 5) is 17.7. The number of halogens is 2. The lowest BCUT2D eigenvalue weighted by molar-refractivity contribution is -0.122. The van der Waals surface area contributed by atoms with Crippen LogP contribution in [0.2, 0.25) is 5.02 Å². The summed E-state index contributed by atoms with van der Waals surface area (Å²) in [6.07, 6.45) is 6.54. The number of amides is 1. The molecule has 1 fully saturated rings. The van der Waals surface area contributed by atoms with Gasteiger partial charge in [0.25, 0.3) is 5.91 Å². The molecule has 1 aliphatic rings. The van der Waals surface area contributed by atoms with E-state index in [0.29, 0.717) is 39.4 Å². The van der Waals surface area contributed by atoms with Crippen LogP contribution < -0.4 is 4.80 Å². The Hall–Kier alpha value is -2.51. The smallest absolute Gasteiger partial charge is 0.252 e. The Morgan fingerprint density at radius 2 is 2.03 bits per heavy atom. The molecule has 1 aromatic heterocycles. The molecule has 166 valence electrons. The Morgan fingerprint density at radius 3 is 2.75 bits per heavy atom. The molecule has 0 radical (unpaired) electrons. The van der Waals surface area contributed by atoms with Crippen molar-refractivity contribution in [2.75, 3.05) is 13.1 Å². The van der Waals surface area contributed by atoms with E-state index in [-0.39, 0.29) is 23.8 Å². The molecule has 0 N–H and O–H groups in total. The predicted molar refractivity (Wildman–Crippen MR) is 122 cm³/mol. The van der Waals surface area contributed by atoms with Gasteiger partial charge in [0.2, 0.25) is 10.0 Å². The van der Waals surface area contributed by atoms with Gasteiger partial charge in [0.1, 0.15) is 5.82 Å². The molecular weight excluding hydrogens is 473 g/mol. The Balaban J connectivity index is 1.63. The molecule has 1 atom stereocenters. The van der Waals surface area contributed by atoms with Crippen molar-refractivity contribution in [1.29, 1.82) is 0 Å². The van der Waals surface area contributed by atoms with E-state index in [9.17, 15) is 17.6 Å². The van der Waals surface area contributed by atoms with Crippen LogP contribution in [0.4, 0.5) is 4.39 Å². The number of fused-ring (bicyclic) bond motifs is 1. The van der Waals surface area contributed by atoms with E-state index in [1.807, 2.05) is 0 Å². The topological polar surface area (TPSA) is 71.7 Å². The number of hydrogen-bond acceptors (Lipinski definition) is 4. The summed E-state index contributed by atoms with van der Waals surface area (Å²) in [6, 6.07) is 10.2. The third-order valence-electron chi connectivity index (χ3n) is 5.28. The molecule has 10 heteroatoms. The van der Waals surface area contributed by atoms with Gasteiger partial charge in [-0.3, -0.25) is 4.79 Å². The fourth-order valence-corrected chi connectivity index (χ4v) is 6.39. The summed E-state index contributed by atoms with van der Waals surface area (Å²) in [7, 11) is -3.75. The van der Waals surface area contributed by atoms with Crippen molar-refractivity contribution in [3.8, 4) is 12.3 Å². The summed E-state index contributed by atoms with van der Waals surface area (Å²) in [5.41, 5.74) is 0.691. The summed E-state index contributed by atoms with van der Waals surface area (Å²) in [5, 5.41) is 0.443. The quantitative estimate of drug-likeness (QED) is 0.523. The predicted octanol–water partition coefficient (Wildman–Crippen LogP) is 3.66. The van der Waals surface area contributed by atoms with Gasteiger partial charge in [-0.2, -0.15) is 9.30 Å². The van der Waals surface area contributed by atoms with E-state index in [1.165, 1.54) is 52.0 Å². The average molecular weight is 492 g/mol. The maximum absolute atomic E-state index is 13.6. The summed E-state index contributed by atoms with van der Waals surface area (Å²) < 4.78 is 43.2. The first-order chi connectivity index (χ1) is 15.3. The SMILES string of the molecule is C#CCn1c(=NC(=O)C2CCCN(S(=O)(=O)c3ccc(Cl)cc3)C2)sc2cc(F)ccc21. The third kappa shape index (κ3) is 4.50. The van der Waals surface area contributed by atoms with Gasteiger partial charge in [-0.15, -0.1) is 6.42 Å². The molecule has 1 saturated heterocycles. The second-order valence-corrected chi connectivity index (χ2v) is 10.8. The van der Waals surface area contributed by atoms with E-state index < -0.39 is 21.8 Å². The highest BCUT2D eigenvalue weighted by Gasteiger charge is 2.33. The van der Waals surface area contributed by atoms with Crippen LogP contribution in [0.5, 0.6) is 0 Å². The van der Waals surface area contributed by atoms with E-state index >= 15 is 0 Å². The van der Waals surface area contributed by atoms with Crippen LogP contribution in [0.1, 0.15) is 12.8 Å². The first kappa shape index (κ1) is 22.7. The van der Waals surface area contributed by atoms with E-state index in [1.54, 1.807) is 10.6 Å². The number of piperidine rings is 1. The Morgan fingerprint density at radius 1 is 1.28 bits per heavy atom. The molecule has 1 aliphatic heterocycles. The number of rotatable bonds is 4. The van der Waals surface area contributed by atoms with Crippen LogP contribution in [0, 0.1) is 24.1 Å². The Bertz CT molecular complexity index is 1390. The summed E-state index contributed by atoms with van der Waals surface area (Å²) in [6.45, 7) is 0.551. The number of aromatic nitrogens is 1. The van der Waals surface area contributed by atoms with Gasteiger partial charge in [0.15, 0.2) is 4.80 Å². The van der Waals surface area contributed by atoms with Crippen LogP contribution in [-0.2, 0) is 21.4 Å². The molecule has 0 spiro atoms. The van der Waals surface area contributed by atoms with Crippen LogP contribution in [0.3, 0.4) is 0 Å². The van der Waals surface area contributed by atoms with Crippen LogP contribution >= 0.6 is 22.9 Å². The lowest BCUT2D eigenvalue weighted by Gasteiger charge is -2.30. The van der Waals surface area contributed by atoms with Gasteiger partial charge in [0, 0.05) is 18.1 Å². The van der Waals surface area contributed by atoms with Gasteiger partial charge in [-0.1, -0.05) is 28.9 Å². The number of thiazole rings is 1. The minimum Gasteiger partial charge on any atom is -0.305 e. The first-order valence-electron chi connectivity index (χ1n) is 9.86. The van der Waals surface area contributed by atoms with Crippen molar-refractivity contribution < 1.29 is 17.6 Å². The van der Waals surface area contributed by atoms with Crippen molar-refractivity contribution in [2.24, 2.45) is 10.9 Å². The number of carbonyl (C=O) groups is 1. The van der Waals surface area contributed by atoms with Gasteiger partial charge in [0.05, 0.1) is 27.6 Å². The van der Waals surface area contributed by atoms with Crippen molar-refractivity contribution >= 4 is 49.1 Å². The largest absolute Gasteiger partial charge is 0.305 e. The van der Waals surface area contributed by atoms with E-state index in [4.69, 9.17) is 18.0 Å². The fourth-order valence-electron chi connectivity index (χ4n) is 3.68. The Kier molecular flexibility index (Phi) is 6.49. The fraction of sp³-hybridized carbons (Fsp3) is 0.273. The molecule has 2 heterocycles. The lowest BCUT2D eigenvalue weighted by atomic mass is 9.99. The monoisotopic (exact) mass is 491 g/mol. The molecule has 3 aromatic rings. The zero-order valence-corrected chi connectivity index (χ0v) is 19.3. The van der Waals surface area contributed by atoms with Gasteiger partial charge >= 0.3 is 0 Å². The zero-order chi connectivity index (χ0) is 22.9. The minimum absolute atomic E-state index is 0.0436. The summed E-state index contributed by atoms with van der Waals surface area (Å²) in [5.74, 6) is 1.14. The van der Waals surface area contributed by atoms with Gasteiger partial charge in [-0.25, -0.2) is 12.8 Å². The van der Waals surface area contributed by atoms with Crippen molar-refractivity contribution in [3.63, 3.8) is 0 Å². The number of benzene rings is 2. The van der Waals surface area contributed by atoms with Gasteiger partial charge in [-0.05, 0) is 55.3 Å². The number of sulfonamides is 1. The highest BCUT2D eigenvalue weighted by Crippen LogP contribution is 2.26. The summed E-state index contributed by atoms with van der Waals surface area (Å²) >= 11 is 7.03. The molecule has 32 heavy (non-hydrogen) atoms. The highest BCUT2D eigenvalue weighted by atomic mass is 35.5. The first-order valence-corrected chi connectivity index (χ1v) is 12.5. The van der Waals surface area contributed by atoms with E-state index in [0.717, 1.165) is 0 Å². The van der Waals surface area contributed by atoms with Crippen molar-refractivity contribution in [3.05, 3.63) is 58.1 Å². The second kappa shape index (κ2) is 9.16. The second-order valence-electron chi connectivity index (χ2n) is 7.39. The number of hydrogen-bond donors (Lipinski definition) is 0. The van der Waals surface area contributed by atoms with E-state index in [2.05, 4.69) is 10.9 Å². The maximum atomic E-state index is 13.6. The van der Waals surface area contributed by atoms with Gasteiger partial charge < -0.3 is 4.57 Å². The molecule has 2 aromatic carbocycles. The number of carbonyl (C=O) groups excluding carboxylic acids is 1. The third-order valence-corrected chi connectivity index (χ3v) is 8.46.